The minimum Gasteiger partial charge on any atom is -0.493 e. The molecular formula is C30H29FN2O4. The molecule has 1 aromatic heterocycles. The van der Waals surface area contributed by atoms with E-state index >= 15 is 0 Å². The minimum atomic E-state index is -0.562. The van der Waals surface area contributed by atoms with Crippen LogP contribution in [0.15, 0.2) is 77.2 Å². The van der Waals surface area contributed by atoms with Gasteiger partial charge in [0, 0.05) is 25.1 Å². The van der Waals surface area contributed by atoms with Crippen LogP contribution >= 0.6 is 0 Å². The van der Waals surface area contributed by atoms with E-state index < -0.39 is 6.04 Å². The maximum absolute atomic E-state index is 13.4. The van der Waals surface area contributed by atoms with Gasteiger partial charge in [0.1, 0.15) is 23.4 Å². The zero-order valence-electron chi connectivity index (χ0n) is 20.9. The lowest BCUT2D eigenvalue weighted by Crippen LogP contribution is -2.39. The third-order valence-electron chi connectivity index (χ3n) is 6.69. The summed E-state index contributed by atoms with van der Waals surface area (Å²) >= 11 is 0. The molecule has 0 spiro atoms. The average molecular weight is 501 g/mol. The molecule has 0 radical (unpaired) electrons. The van der Waals surface area contributed by atoms with Crippen molar-refractivity contribution in [1.29, 1.82) is 0 Å². The van der Waals surface area contributed by atoms with Gasteiger partial charge in [-0.25, -0.2) is 14.2 Å². The number of ether oxygens (including phenoxy) is 2. The van der Waals surface area contributed by atoms with E-state index in [1.165, 1.54) is 19.2 Å². The normalized spacial score (nSPS) is 15.3. The van der Waals surface area contributed by atoms with Gasteiger partial charge in [-0.1, -0.05) is 36.4 Å². The lowest BCUT2D eigenvalue weighted by atomic mass is 9.91. The van der Waals surface area contributed by atoms with E-state index in [0.29, 0.717) is 37.8 Å². The van der Waals surface area contributed by atoms with E-state index in [1.54, 1.807) is 12.1 Å². The number of aryl methyl sites for hydroxylation is 1. The molecule has 1 aliphatic heterocycles. The van der Waals surface area contributed by atoms with Crippen molar-refractivity contribution in [3.8, 4) is 17.2 Å². The van der Waals surface area contributed by atoms with Crippen LogP contribution in [0, 0.1) is 12.7 Å². The molecule has 2 heterocycles. The van der Waals surface area contributed by atoms with Crippen molar-refractivity contribution in [3.63, 3.8) is 0 Å². The first-order valence-corrected chi connectivity index (χ1v) is 12.4. The highest BCUT2D eigenvalue weighted by atomic mass is 19.1. The van der Waals surface area contributed by atoms with E-state index in [4.69, 9.17) is 13.9 Å². The SMILES string of the molecule is COC(=O)C1c2cc(OCCc3nc(-c4ccccc4)oc3C)ccc2CCN1Cc1ccc(F)cc1. The Hall–Kier alpha value is -3.97. The van der Waals surface area contributed by atoms with Crippen LogP contribution < -0.4 is 4.74 Å². The Morgan fingerprint density at radius 1 is 1.11 bits per heavy atom. The number of halogens is 1. The van der Waals surface area contributed by atoms with E-state index in [9.17, 15) is 9.18 Å². The molecule has 3 aromatic carbocycles. The maximum atomic E-state index is 13.4. The van der Waals surface area contributed by atoms with Gasteiger partial charge in [-0.3, -0.25) is 4.90 Å². The Balaban J connectivity index is 1.30. The zero-order chi connectivity index (χ0) is 25.8. The van der Waals surface area contributed by atoms with Gasteiger partial charge in [0.2, 0.25) is 5.89 Å². The number of hydrogen-bond acceptors (Lipinski definition) is 6. The summed E-state index contributed by atoms with van der Waals surface area (Å²) < 4.78 is 30.5. The third-order valence-corrected chi connectivity index (χ3v) is 6.69. The molecule has 0 N–H and O–H groups in total. The molecule has 0 amide bonds. The molecule has 0 aliphatic carbocycles. The van der Waals surface area contributed by atoms with Gasteiger partial charge in [-0.05, 0) is 66.4 Å². The van der Waals surface area contributed by atoms with E-state index in [-0.39, 0.29) is 11.8 Å². The Bertz CT molecular complexity index is 1370. The molecule has 0 saturated heterocycles. The van der Waals surface area contributed by atoms with Gasteiger partial charge in [-0.15, -0.1) is 0 Å². The highest BCUT2D eigenvalue weighted by Gasteiger charge is 2.34. The fourth-order valence-corrected chi connectivity index (χ4v) is 4.75. The Morgan fingerprint density at radius 2 is 1.89 bits per heavy atom. The smallest absolute Gasteiger partial charge is 0.327 e. The van der Waals surface area contributed by atoms with E-state index in [2.05, 4.69) is 9.88 Å². The quantitative estimate of drug-likeness (QED) is 0.290. The number of carbonyl (C=O) groups is 1. The van der Waals surface area contributed by atoms with Crippen molar-refractivity contribution in [2.45, 2.75) is 32.4 Å². The molecule has 1 unspecified atom stereocenters. The van der Waals surface area contributed by atoms with Gasteiger partial charge in [0.25, 0.3) is 0 Å². The van der Waals surface area contributed by atoms with Gasteiger partial charge >= 0.3 is 5.97 Å². The number of oxazole rings is 1. The highest BCUT2D eigenvalue weighted by Crippen LogP contribution is 2.34. The molecular weight excluding hydrogens is 471 g/mol. The summed E-state index contributed by atoms with van der Waals surface area (Å²) in [6.45, 7) is 3.53. The Labute approximate surface area is 215 Å². The lowest BCUT2D eigenvalue weighted by molar-refractivity contribution is -0.148. The van der Waals surface area contributed by atoms with Crippen molar-refractivity contribution in [2.75, 3.05) is 20.3 Å². The first-order valence-electron chi connectivity index (χ1n) is 12.4. The third kappa shape index (κ3) is 5.57. The summed E-state index contributed by atoms with van der Waals surface area (Å²) in [5.41, 5.74) is 4.70. The zero-order valence-corrected chi connectivity index (χ0v) is 20.9. The number of esters is 1. The second kappa shape index (κ2) is 11.0. The second-order valence-electron chi connectivity index (χ2n) is 9.12. The molecule has 37 heavy (non-hydrogen) atoms. The molecule has 7 heteroatoms. The average Bonchev–Trinajstić information content (AvgIpc) is 3.30. The monoisotopic (exact) mass is 500 g/mol. The summed E-state index contributed by atoms with van der Waals surface area (Å²) in [5.74, 6) is 1.45. The Kier molecular flexibility index (Phi) is 7.32. The van der Waals surface area contributed by atoms with E-state index in [1.807, 2.05) is 55.5 Å². The predicted molar refractivity (Wildman–Crippen MR) is 138 cm³/mol. The number of benzene rings is 3. The number of hydrogen-bond donors (Lipinski definition) is 0. The molecule has 0 saturated carbocycles. The topological polar surface area (TPSA) is 64.8 Å². The molecule has 1 aliphatic rings. The molecule has 190 valence electrons. The number of rotatable bonds is 8. The summed E-state index contributed by atoms with van der Waals surface area (Å²) in [6, 6.07) is 21.5. The van der Waals surface area contributed by atoms with Crippen molar-refractivity contribution in [2.24, 2.45) is 0 Å². The van der Waals surface area contributed by atoms with Crippen molar-refractivity contribution in [3.05, 3.63) is 107 Å². The van der Waals surface area contributed by atoms with Crippen LogP contribution in [0.3, 0.4) is 0 Å². The highest BCUT2D eigenvalue weighted by molar-refractivity contribution is 5.78. The van der Waals surface area contributed by atoms with Crippen LogP contribution in [0.4, 0.5) is 4.39 Å². The lowest BCUT2D eigenvalue weighted by Gasteiger charge is -2.35. The maximum Gasteiger partial charge on any atom is 0.327 e. The molecule has 0 bridgehead atoms. The van der Waals surface area contributed by atoms with Crippen LogP contribution in [-0.4, -0.2) is 36.1 Å². The number of carbonyl (C=O) groups excluding carboxylic acids is 1. The fourth-order valence-electron chi connectivity index (χ4n) is 4.75. The number of aromatic nitrogens is 1. The fraction of sp³-hybridized carbons (Fsp3) is 0.267. The van der Waals surface area contributed by atoms with Gasteiger partial charge in [-0.2, -0.15) is 0 Å². The second-order valence-corrected chi connectivity index (χ2v) is 9.12. The Morgan fingerprint density at radius 3 is 2.65 bits per heavy atom. The first kappa shape index (κ1) is 24.7. The predicted octanol–water partition coefficient (Wildman–Crippen LogP) is 5.68. The molecule has 5 rings (SSSR count). The van der Waals surface area contributed by atoms with Crippen molar-refractivity contribution in [1.82, 2.24) is 9.88 Å². The summed E-state index contributed by atoms with van der Waals surface area (Å²) in [5, 5.41) is 0. The molecule has 4 aromatic rings. The van der Waals surface area contributed by atoms with Crippen LogP contribution in [0.5, 0.6) is 5.75 Å². The first-order chi connectivity index (χ1) is 18.0. The van der Waals surface area contributed by atoms with Gasteiger partial charge in [0.15, 0.2) is 0 Å². The van der Waals surface area contributed by atoms with Crippen molar-refractivity contribution < 1.29 is 23.1 Å². The van der Waals surface area contributed by atoms with Gasteiger partial charge < -0.3 is 13.9 Å². The number of methoxy groups -OCH3 is 1. The standard InChI is InChI=1S/C30H29FN2O4/c1-20-27(32-29(37-20)23-6-4-3-5-7-23)15-17-36-25-13-10-22-14-16-33(19-21-8-11-24(31)12-9-21)28(26(22)18-25)30(34)35-2/h3-13,18,28H,14-17,19H2,1-2H3. The van der Waals surface area contributed by atoms with Crippen LogP contribution in [0.2, 0.25) is 0 Å². The molecule has 1 atom stereocenters. The van der Waals surface area contributed by atoms with Crippen LogP contribution in [0.1, 0.15) is 34.2 Å². The van der Waals surface area contributed by atoms with E-state index in [0.717, 1.165) is 40.1 Å². The largest absolute Gasteiger partial charge is 0.493 e. The molecule has 6 nitrogen and oxygen atoms in total. The minimum absolute atomic E-state index is 0.281. The summed E-state index contributed by atoms with van der Waals surface area (Å²) in [6.07, 6.45) is 1.39. The summed E-state index contributed by atoms with van der Waals surface area (Å²) in [4.78, 5) is 19.6. The van der Waals surface area contributed by atoms with Crippen molar-refractivity contribution >= 4 is 5.97 Å². The number of nitrogens with zero attached hydrogens (tertiary/aromatic N) is 2. The van der Waals surface area contributed by atoms with Crippen LogP contribution in [-0.2, 0) is 28.9 Å². The van der Waals surface area contributed by atoms with Gasteiger partial charge in [0.05, 0.1) is 19.4 Å². The summed E-state index contributed by atoms with van der Waals surface area (Å²) in [7, 11) is 1.40. The molecule has 0 fully saturated rings. The van der Waals surface area contributed by atoms with Crippen LogP contribution in [0.25, 0.3) is 11.5 Å². The number of fused-ring (bicyclic) bond motifs is 1.